The zero-order valence-corrected chi connectivity index (χ0v) is 13.2. The molecule has 1 heterocycles. The van der Waals surface area contributed by atoms with Crippen molar-refractivity contribution in [3.8, 4) is 6.07 Å². The Morgan fingerprint density at radius 1 is 1.27 bits per heavy atom. The highest BCUT2D eigenvalue weighted by Crippen LogP contribution is 2.04. The van der Waals surface area contributed by atoms with Gasteiger partial charge in [-0.2, -0.15) is 5.26 Å². The lowest BCUT2D eigenvalue weighted by atomic mass is 10.1. The number of rotatable bonds is 6. The van der Waals surface area contributed by atoms with Crippen LogP contribution >= 0.6 is 0 Å². The molecule has 0 aromatic heterocycles. The second-order valence-electron chi connectivity index (χ2n) is 5.80. The van der Waals surface area contributed by atoms with Crippen molar-refractivity contribution in [1.29, 1.82) is 5.26 Å². The number of nitriles is 1. The molecule has 1 aromatic carbocycles. The van der Waals surface area contributed by atoms with E-state index in [0.717, 1.165) is 45.6 Å². The van der Waals surface area contributed by atoms with Crippen molar-refractivity contribution < 1.29 is 4.79 Å². The lowest BCUT2D eigenvalue weighted by Gasteiger charge is -2.32. The zero-order chi connectivity index (χ0) is 15.8. The van der Waals surface area contributed by atoms with E-state index in [1.165, 1.54) is 0 Å². The normalized spacial score (nSPS) is 16.2. The topological polar surface area (TPSA) is 59.4 Å². The molecule has 1 aromatic rings. The largest absolute Gasteiger partial charge is 0.352 e. The summed E-state index contributed by atoms with van der Waals surface area (Å²) in [5.41, 5.74) is 1.07. The number of carbonyl (C=O) groups is 1. The smallest absolute Gasteiger partial charge is 0.251 e. The van der Waals surface area contributed by atoms with Crippen molar-refractivity contribution in [3.63, 3.8) is 0 Å². The molecular formula is C17H24N4O. The monoisotopic (exact) mass is 300 g/mol. The molecule has 22 heavy (non-hydrogen) atoms. The van der Waals surface area contributed by atoms with Gasteiger partial charge in [-0.1, -0.05) is 6.07 Å². The first-order valence-corrected chi connectivity index (χ1v) is 7.88. The highest BCUT2D eigenvalue weighted by Gasteiger charge is 2.12. The highest BCUT2D eigenvalue weighted by atomic mass is 16.1. The Kier molecular flexibility index (Phi) is 6.38. The third-order valence-corrected chi connectivity index (χ3v) is 4.04. The standard InChI is InChI=1S/C17H24N4O/c1-20-9-11-21(12-10-20)8-3-2-7-19-17(22)16-6-4-5-15(13-16)14-18/h4-6,13H,2-3,7-12H2,1H3,(H,19,22). The molecule has 0 bridgehead atoms. The fourth-order valence-electron chi connectivity index (χ4n) is 2.57. The molecule has 5 nitrogen and oxygen atoms in total. The molecule has 2 rings (SSSR count). The third kappa shape index (κ3) is 5.14. The van der Waals surface area contributed by atoms with Crippen LogP contribution in [0.3, 0.4) is 0 Å². The number of unbranched alkanes of at least 4 members (excludes halogenated alkanes) is 1. The van der Waals surface area contributed by atoms with Crippen LogP contribution < -0.4 is 5.32 Å². The van der Waals surface area contributed by atoms with E-state index in [1.54, 1.807) is 24.3 Å². The number of piperazine rings is 1. The van der Waals surface area contributed by atoms with Crippen LogP contribution in [0.15, 0.2) is 24.3 Å². The molecule has 0 atom stereocenters. The Bertz CT molecular complexity index is 530. The van der Waals surface area contributed by atoms with Gasteiger partial charge in [-0.05, 0) is 44.6 Å². The predicted molar refractivity (Wildman–Crippen MR) is 86.7 cm³/mol. The summed E-state index contributed by atoms with van der Waals surface area (Å²) in [6.07, 6.45) is 2.08. The van der Waals surface area contributed by atoms with Crippen molar-refractivity contribution in [2.24, 2.45) is 0 Å². The van der Waals surface area contributed by atoms with Crippen LogP contribution in [-0.2, 0) is 0 Å². The van der Waals surface area contributed by atoms with Crippen molar-refractivity contribution in [2.45, 2.75) is 12.8 Å². The summed E-state index contributed by atoms with van der Waals surface area (Å²) in [6, 6.07) is 8.85. The molecule has 1 N–H and O–H groups in total. The van der Waals surface area contributed by atoms with Gasteiger partial charge in [-0.3, -0.25) is 4.79 Å². The van der Waals surface area contributed by atoms with E-state index in [2.05, 4.69) is 22.2 Å². The third-order valence-electron chi connectivity index (χ3n) is 4.04. The molecule has 0 saturated carbocycles. The van der Waals surface area contributed by atoms with Crippen molar-refractivity contribution >= 4 is 5.91 Å². The molecular weight excluding hydrogens is 276 g/mol. The summed E-state index contributed by atoms with van der Waals surface area (Å²) < 4.78 is 0. The van der Waals surface area contributed by atoms with E-state index in [4.69, 9.17) is 5.26 Å². The first-order chi connectivity index (χ1) is 10.7. The lowest BCUT2D eigenvalue weighted by molar-refractivity contribution is 0.0952. The average molecular weight is 300 g/mol. The average Bonchev–Trinajstić information content (AvgIpc) is 2.56. The molecule has 1 saturated heterocycles. The number of hydrogen-bond acceptors (Lipinski definition) is 4. The molecule has 0 aliphatic carbocycles. The van der Waals surface area contributed by atoms with Gasteiger partial charge in [0, 0.05) is 38.3 Å². The molecule has 0 spiro atoms. The number of benzene rings is 1. The van der Waals surface area contributed by atoms with E-state index < -0.39 is 0 Å². The van der Waals surface area contributed by atoms with Crippen molar-refractivity contribution in [3.05, 3.63) is 35.4 Å². The van der Waals surface area contributed by atoms with Gasteiger partial charge in [0.1, 0.15) is 0 Å². The molecule has 5 heteroatoms. The minimum absolute atomic E-state index is 0.100. The van der Waals surface area contributed by atoms with Gasteiger partial charge in [0.25, 0.3) is 5.91 Å². The van der Waals surface area contributed by atoms with Crippen LogP contribution in [0.4, 0.5) is 0 Å². The first-order valence-electron chi connectivity index (χ1n) is 7.88. The van der Waals surface area contributed by atoms with Gasteiger partial charge in [-0.15, -0.1) is 0 Å². The van der Waals surface area contributed by atoms with E-state index in [9.17, 15) is 4.79 Å². The molecule has 0 radical (unpaired) electrons. The quantitative estimate of drug-likeness (QED) is 0.805. The van der Waals surface area contributed by atoms with Gasteiger partial charge in [-0.25, -0.2) is 0 Å². The molecule has 1 aliphatic rings. The van der Waals surface area contributed by atoms with Gasteiger partial charge >= 0.3 is 0 Å². The summed E-state index contributed by atoms with van der Waals surface area (Å²) in [5, 5.41) is 11.8. The number of hydrogen-bond donors (Lipinski definition) is 1. The van der Waals surface area contributed by atoms with Crippen LogP contribution in [0.2, 0.25) is 0 Å². The van der Waals surface area contributed by atoms with Crippen LogP contribution in [0.25, 0.3) is 0 Å². The minimum Gasteiger partial charge on any atom is -0.352 e. The summed E-state index contributed by atoms with van der Waals surface area (Å²) in [5.74, 6) is -0.100. The first kappa shape index (κ1) is 16.5. The Balaban J connectivity index is 1.62. The Hall–Kier alpha value is -1.90. The summed E-state index contributed by atoms with van der Waals surface area (Å²) in [4.78, 5) is 16.8. The van der Waals surface area contributed by atoms with Crippen LogP contribution in [-0.4, -0.2) is 62.0 Å². The van der Waals surface area contributed by atoms with Gasteiger partial charge in [0.2, 0.25) is 0 Å². The second kappa shape index (κ2) is 8.52. The lowest BCUT2D eigenvalue weighted by Crippen LogP contribution is -2.44. The van der Waals surface area contributed by atoms with E-state index in [1.807, 2.05) is 6.07 Å². The number of amides is 1. The number of nitrogens with zero attached hydrogens (tertiary/aromatic N) is 3. The maximum atomic E-state index is 12.0. The summed E-state index contributed by atoms with van der Waals surface area (Å²) in [6.45, 7) is 6.36. The highest BCUT2D eigenvalue weighted by molar-refractivity contribution is 5.94. The SMILES string of the molecule is CN1CCN(CCCCNC(=O)c2cccc(C#N)c2)CC1. The van der Waals surface area contributed by atoms with Crippen LogP contribution in [0, 0.1) is 11.3 Å². The summed E-state index contributed by atoms with van der Waals surface area (Å²) in [7, 11) is 2.16. The number of nitrogens with one attached hydrogen (secondary N) is 1. The minimum atomic E-state index is -0.100. The summed E-state index contributed by atoms with van der Waals surface area (Å²) >= 11 is 0. The fourth-order valence-corrected chi connectivity index (χ4v) is 2.57. The zero-order valence-electron chi connectivity index (χ0n) is 13.2. The van der Waals surface area contributed by atoms with Gasteiger partial charge in [0.05, 0.1) is 11.6 Å². The molecule has 1 aliphatic heterocycles. The predicted octanol–water partition coefficient (Wildman–Crippen LogP) is 1.32. The van der Waals surface area contributed by atoms with E-state index in [-0.39, 0.29) is 5.91 Å². The maximum absolute atomic E-state index is 12.0. The fraction of sp³-hybridized carbons (Fsp3) is 0.529. The maximum Gasteiger partial charge on any atom is 0.251 e. The molecule has 1 amide bonds. The second-order valence-corrected chi connectivity index (χ2v) is 5.80. The van der Waals surface area contributed by atoms with Gasteiger partial charge in [0.15, 0.2) is 0 Å². The van der Waals surface area contributed by atoms with E-state index in [0.29, 0.717) is 17.7 Å². The number of carbonyl (C=O) groups excluding carboxylic acids is 1. The Labute approximate surface area is 132 Å². The van der Waals surface area contributed by atoms with E-state index >= 15 is 0 Å². The Morgan fingerprint density at radius 2 is 2.05 bits per heavy atom. The van der Waals surface area contributed by atoms with Gasteiger partial charge < -0.3 is 15.1 Å². The molecule has 0 unspecified atom stereocenters. The van der Waals surface area contributed by atoms with Crippen LogP contribution in [0.5, 0.6) is 0 Å². The molecule has 118 valence electrons. The Morgan fingerprint density at radius 3 is 2.77 bits per heavy atom. The van der Waals surface area contributed by atoms with Crippen molar-refractivity contribution in [1.82, 2.24) is 15.1 Å². The van der Waals surface area contributed by atoms with Crippen molar-refractivity contribution in [2.75, 3.05) is 46.3 Å². The van der Waals surface area contributed by atoms with Crippen LogP contribution in [0.1, 0.15) is 28.8 Å². The number of likely N-dealkylation sites (N-methyl/N-ethyl adjacent to an activating group) is 1. The molecule has 1 fully saturated rings.